The van der Waals surface area contributed by atoms with Crippen LogP contribution in [0, 0.1) is 5.92 Å². The van der Waals surface area contributed by atoms with Crippen LogP contribution >= 0.6 is 0 Å². The van der Waals surface area contributed by atoms with E-state index in [1.807, 2.05) is 0 Å². The molecule has 0 heterocycles. The Balaban J connectivity index is 1.92. The predicted molar refractivity (Wildman–Crippen MR) is 62.8 cm³/mol. The first-order valence-corrected chi connectivity index (χ1v) is 6.12. The summed E-state index contributed by atoms with van der Waals surface area (Å²) in [5.41, 5.74) is 9.74. The third-order valence-corrected chi connectivity index (χ3v) is 4.47. The van der Waals surface area contributed by atoms with Gasteiger partial charge in [0.25, 0.3) is 0 Å². The molecule has 15 heavy (non-hydrogen) atoms. The van der Waals surface area contributed by atoms with Crippen LogP contribution in [0.25, 0.3) is 0 Å². The van der Waals surface area contributed by atoms with E-state index in [9.17, 15) is 0 Å². The van der Waals surface area contributed by atoms with Gasteiger partial charge in [0, 0.05) is 11.5 Å². The molecule has 1 aromatic carbocycles. The minimum atomic E-state index is 0.140. The molecule has 0 saturated heterocycles. The van der Waals surface area contributed by atoms with Crippen molar-refractivity contribution in [2.45, 2.75) is 44.1 Å². The van der Waals surface area contributed by atoms with Gasteiger partial charge in [0.15, 0.2) is 0 Å². The minimum Gasteiger partial charge on any atom is -0.324 e. The smallest absolute Gasteiger partial charge is 0.0256 e. The van der Waals surface area contributed by atoms with Crippen LogP contribution in [-0.4, -0.2) is 5.54 Å². The molecular formula is C14H19N. The van der Waals surface area contributed by atoms with Gasteiger partial charge >= 0.3 is 0 Å². The van der Waals surface area contributed by atoms with Crippen molar-refractivity contribution in [3.63, 3.8) is 0 Å². The number of rotatable bonds is 2. The summed E-state index contributed by atoms with van der Waals surface area (Å²) in [7, 11) is 0. The molecule has 0 aromatic heterocycles. The van der Waals surface area contributed by atoms with E-state index in [2.05, 4.69) is 31.2 Å². The second-order valence-corrected chi connectivity index (χ2v) is 5.21. The molecule has 1 fully saturated rings. The summed E-state index contributed by atoms with van der Waals surface area (Å²) in [5.74, 6) is 1.41. The van der Waals surface area contributed by atoms with Gasteiger partial charge in [-0.2, -0.15) is 0 Å². The summed E-state index contributed by atoms with van der Waals surface area (Å²) >= 11 is 0. The molecule has 3 unspecified atom stereocenters. The van der Waals surface area contributed by atoms with E-state index in [1.165, 1.54) is 36.8 Å². The maximum Gasteiger partial charge on any atom is 0.0256 e. The summed E-state index contributed by atoms with van der Waals surface area (Å²) in [6.45, 7) is 2.26. The van der Waals surface area contributed by atoms with Gasteiger partial charge in [-0.05, 0) is 36.3 Å². The highest BCUT2D eigenvalue weighted by molar-refractivity contribution is 5.40. The van der Waals surface area contributed by atoms with E-state index in [0.29, 0.717) is 5.92 Å². The van der Waals surface area contributed by atoms with Crippen molar-refractivity contribution in [1.82, 2.24) is 0 Å². The van der Waals surface area contributed by atoms with Crippen molar-refractivity contribution < 1.29 is 0 Å². The van der Waals surface area contributed by atoms with Crippen molar-refractivity contribution in [2.75, 3.05) is 0 Å². The highest BCUT2D eigenvalue weighted by atomic mass is 14.9. The fraction of sp³-hybridized carbons (Fsp3) is 0.571. The lowest BCUT2D eigenvalue weighted by Gasteiger charge is -2.21. The van der Waals surface area contributed by atoms with Crippen molar-refractivity contribution in [3.8, 4) is 0 Å². The van der Waals surface area contributed by atoms with E-state index in [0.717, 1.165) is 5.92 Å². The second kappa shape index (κ2) is 3.08. The first-order valence-electron chi connectivity index (χ1n) is 6.12. The van der Waals surface area contributed by atoms with Gasteiger partial charge in [-0.15, -0.1) is 0 Å². The molecule has 2 aliphatic carbocycles. The van der Waals surface area contributed by atoms with Crippen LogP contribution in [0.5, 0.6) is 0 Å². The molecule has 0 bridgehead atoms. The number of fused-ring (bicyclic) bond motifs is 1. The van der Waals surface area contributed by atoms with Crippen LogP contribution < -0.4 is 5.73 Å². The lowest BCUT2D eigenvalue weighted by Crippen LogP contribution is -2.32. The Morgan fingerprint density at radius 2 is 2.20 bits per heavy atom. The van der Waals surface area contributed by atoms with Crippen LogP contribution in [0.4, 0.5) is 0 Å². The van der Waals surface area contributed by atoms with E-state index in [-0.39, 0.29) is 5.54 Å². The van der Waals surface area contributed by atoms with E-state index >= 15 is 0 Å². The standard InChI is InChI=1S/C14H19N/c1-2-11-9-14(11,15)13-8-7-10-5-3-4-6-12(10)13/h3-6,11,13H,2,7-9,15H2,1H3. The minimum absolute atomic E-state index is 0.140. The molecule has 0 amide bonds. The van der Waals surface area contributed by atoms with E-state index < -0.39 is 0 Å². The molecule has 0 aliphatic heterocycles. The van der Waals surface area contributed by atoms with Gasteiger partial charge in [-0.1, -0.05) is 37.6 Å². The molecule has 2 aliphatic rings. The van der Waals surface area contributed by atoms with Gasteiger partial charge in [-0.25, -0.2) is 0 Å². The molecule has 3 rings (SSSR count). The van der Waals surface area contributed by atoms with E-state index in [4.69, 9.17) is 5.73 Å². The zero-order chi connectivity index (χ0) is 10.5. The maximum absolute atomic E-state index is 6.52. The van der Waals surface area contributed by atoms with Gasteiger partial charge in [0.1, 0.15) is 0 Å². The second-order valence-electron chi connectivity index (χ2n) is 5.21. The highest BCUT2D eigenvalue weighted by Crippen LogP contribution is 2.56. The Morgan fingerprint density at radius 3 is 2.93 bits per heavy atom. The van der Waals surface area contributed by atoms with Crippen LogP contribution in [0.3, 0.4) is 0 Å². The van der Waals surface area contributed by atoms with Crippen LogP contribution in [-0.2, 0) is 6.42 Å². The Labute approximate surface area is 91.7 Å². The highest BCUT2D eigenvalue weighted by Gasteiger charge is 2.56. The summed E-state index contributed by atoms with van der Waals surface area (Å²) in [5, 5.41) is 0. The molecule has 0 radical (unpaired) electrons. The zero-order valence-corrected chi connectivity index (χ0v) is 9.37. The van der Waals surface area contributed by atoms with Gasteiger partial charge in [0.2, 0.25) is 0 Å². The first kappa shape index (κ1) is 9.41. The van der Waals surface area contributed by atoms with Crippen molar-refractivity contribution in [2.24, 2.45) is 11.7 Å². The van der Waals surface area contributed by atoms with E-state index in [1.54, 1.807) is 0 Å². The molecule has 0 spiro atoms. The fourth-order valence-electron chi connectivity index (χ4n) is 3.43. The number of hydrogen-bond donors (Lipinski definition) is 1. The predicted octanol–water partition coefficient (Wildman–Crippen LogP) is 2.84. The normalized spacial score (nSPS) is 37.7. The molecule has 1 heteroatoms. The number of nitrogens with two attached hydrogens (primary N) is 1. The zero-order valence-electron chi connectivity index (χ0n) is 9.37. The topological polar surface area (TPSA) is 26.0 Å². The number of aryl methyl sites for hydroxylation is 1. The summed E-state index contributed by atoms with van der Waals surface area (Å²) in [6, 6.07) is 8.85. The Bertz CT molecular complexity index is 385. The SMILES string of the molecule is CCC1CC1(N)C1CCc2ccccc21. The molecule has 1 aromatic rings. The van der Waals surface area contributed by atoms with Crippen molar-refractivity contribution in [3.05, 3.63) is 35.4 Å². The fourth-order valence-corrected chi connectivity index (χ4v) is 3.43. The Hall–Kier alpha value is -0.820. The number of hydrogen-bond acceptors (Lipinski definition) is 1. The quantitative estimate of drug-likeness (QED) is 0.782. The summed E-state index contributed by atoms with van der Waals surface area (Å²) < 4.78 is 0. The third kappa shape index (κ3) is 1.26. The summed E-state index contributed by atoms with van der Waals surface area (Å²) in [4.78, 5) is 0. The van der Waals surface area contributed by atoms with Gasteiger partial charge in [-0.3, -0.25) is 0 Å². The lowest BCUT2D eigenvalue weighted by molar-refractivity contribution is 0.468. The number of benzene rings is 1. The third-order valence-electron chi connectivity index (χ3n) is 4.47. The lowest BCUT2D eigenvalue weighted by atomic mass is 9.89. The Kier molecular flexibility index (Phi) is 1.93. The molecule has 3 atom stereocenters. The average molecular weight is 201 g/mol. The van der Waals surface area contributed by atoms with Crippen molar-refractivity contribution >= 4 is 0 Å². The molecular weight excluding hydrogens is 182 g/mol. The Morgan fingerprint density at radius 1 is 1.40 bits per heavy atom. The maximum atomic E-state index is 6.52. The largest absolute Gasteiger partial charge is 0.324 e. The molecule has 2 N–H and O–H groups in total. The monoisotopic (exact) mass is 201 g/mol. The van der Waals surface area contributed by atoms with Crippen LogP contribution in [0.1, 0.15) is 43.2 Å². The van der Waals surface area contributed by atoms with Crippen molar-refractivity contribution in [1.29, 1.82) is 0 Å². The average Bonchev–Trinajstić information content (AvgIpc) is 2.76. The molecule has 1 saturated carbocycles. The first-order chi connectivity index (χ1) is 7.25. The van der Waals surface area contributed by atoms with Crippen LogP contribution in [0.2, 0.25) is 0 Å². The van der Waals surface area contributed by atoms with Gasteiger partial charge in [0.05, 0.1) is 0 Å². The molecule has 1 nitrogen and oxygen atoms in total. The van der Waals surface area contributed by atoms with Gasteiger partial charge < -0.3 is 5.73 Å². The molecule has 80 valence electrons. The van der Waals surface area contributed by atoms with Crippen LogP contribution in [0.15, 0.2) is 24.3 Å². The summed E-state index contributed by atoms with van der Waals surface area (Å²) in [6.07, 6.45) is 4.99.